The van der Waals surface area contributed by atoms with Crippen LogP contribution in [0.3, 0.4) is 0 Å². The molecule has 1 rings (SSSR count). The highest BCUT2D eigenvalue weighted by molar-refractivity contribution is 7.09. The van der Waals surface area contributed by atoms with Crippen LogP contribution in [0.25, 0.3) is 0 Å². The first-order valence-electron chi connectivity index (χ1n) is 3.28. The molecule has 1 aromatic heterocycles. The van der Waals surface area contributed by atoms with Gasteiger partial charge < -0.3 is 4.74 Å². The fourth-order valence-corrected chi connectivity index (χ4v) is 1.41. The standard InChI is InChI=1S/C8H9FOS/c1-7(9)10-5-4-8-3-2-6-11-8/h2-3,6H,1,4-5H2. The topological polar surface area (TPSA) is 9.23 Å². The van der Waals surface area contributed by atoms with Crippen molar-refractivity contribution < 1.29 is 9.13 Å². The van der Waals surface area contributed by atoms with Gasteiger partial charge in [0.1, 0.15) is 0 Å². The lowest BCUT2D eigenvalue weighted by molar-refractivity contribution is 0.150. The summed E-state index contributed by atoms with van der Waals surface area (Å²) in [6.45, 7) is 3.36. The molecule has 1 aromatic rings. The SMILES string of the molecule is C=C(F)OCCc1cccs1. The van der Waals surface area contributed by atoms with Gasteiger partial charge in [0.25, 0.3) is 6.01 Å². The molecular weight excluding hydrogens is 163 g/mol. The Morgan fingerprint density at radius 3 is 3.09 bits per heavy atom. The molecule has 60 valence electrons. The summed E-state index contributed by atoms with van der Waals surface area (Å²) in [5.74, 6) is 0. The number of hydrogen-bond acceptors (Lipinski definition) is 2. The third kappa shape index (κ3) is 3.18. The normalized spacial score (nSPS) is 9.55. The van der Waals surface area contributed by atoms with E-state index in [0.29, 0.717) is 6.61 Å². The van der Waals surface area contributed by atoms with Crippen LogP contribution in [0.5, 0.6) is 0 Å². The van der Waals surface area contributed by atoms with Gasteiger partial charge in [-0.15, -0.1) is 11.3 Å². The fraction of sp³-hybridized carbons (Fsp3) is 0.250. The Morgan fingerprint density at radius 2 is 2.55 bits per heavy atom. The first-order valence-corrected chi connectivity index (χ1v) is 4.16. The van der Waals surface area contributed by atoms with E-state index in [4.69, 9.17) is 0 Å². The maximum Gasteiger partial charge on any atom is 0.265 e. The van der Waals surface area contributed by atoms with Crippen LogP contribution in [0.15, 0.2) is 30.1 Å². The minimum absolute atomic E-state index is 0.371. The van der Waals surface area contributed by atoms with Crippen molar-refractivity contribution in [2.24, 2.45) is 0 Å². The van der Waals surface area contributed by atoms with Gasteiger partial charge in [-0.05, 0) is 18.0 Å². The van der Waals surface area contributed by atoms with Crippen molar-refractivity contribution >= 4 is 11.3 Å². The van der Waals surface area contributed by atoms with E-state index >= 15 is 0 Å². The Hall–Kier alpha value is -0.830. The zero-order valence-corrected chi connectivity index (χ0v) is 6.86. The Bertz CT molecular complexity index is 218. The third-order valence-corrected chi connectivity index (χ3v) is 2.12. The molecule has 0 saturated heterocycles. The van der Waals surface area contributed by atoms with Gasteiger partial charge >= 0.3 is 0 Å². The molecule has 0 atom stereocenters. The monoisotopic (exact) mass is 172 g/mol. The number of rotatable bonds is 4. The summed E-state index contributed by atoms with van der Waals surface area (Å²) >= 11 is 1.64. The molecule has 0 amide bonds. The van der Waals surface area contributed by atoms with Crippen LogP contribution in [-0.4, -0.2) is 6.61 Å². The largest absolute Gasteiger partial charge is 0.471 e. The Morgan fingerprint density at radius 1 is 1.73 bits per heavy atom. The Balaban J connectivity index is 2.19. The molecule has 1 heterocycles. The maximum absolute atomic E-state index is 11.9. The molecule has 0 saturated carbocycles. The van der Waals surface area contributed by atoms with Crippen LogP contribution >= 0.6 is 11.3 Å². The number of ether oxygens (including phenoxy) is 1. The molecule has 0 N–H and O–H groups in total. The highest BCUT2D eigenvalue weighted by Crippen LogP contribution is 2.09. The van der Waals surface area contributed by atoms with Crippen molar-refractivity contribution in [3.05, 3.63) is 35.0 Å². The lowest BCUT2D eigenvalue weighted by Gasteiger charge is -1.98. The van der Waals surface area contributed by atoms with Gasteiger partial charge in [0.05, 0.1) is 6.61 Å². The minimum Gasteiger partial charge on any atom is -0.471 e. The predicted molar refractivity (Wildman–Crippen MR) is 44.2 cm³/mol. The van der Waals surface area contributed by atoms with E-state index < -0.39 is 6.01 Å². The van der Waals surface area contributed by atoms with Crippen molar-refractivity contribution in [2.45, 2.75) is 6.42 Å². The van der Waals surface area contributed by atoms with Gasteiger partial charge in [-0.1, -0.05) is 6.07 Å². The lowest BCUT2D eigenvalue weighted by atomic mass is 10.4. The summed E-state index contributed by atoms with van der Waals surface area (Å²) in [5.41, 5.74) is 0. The summed E-state index contributed by atoms with van der Waals surface area (Å²) < 4.78 is 16.5. The molecule has 3 heteroatoms. The maximum atomic E-state index is 11.9. The van der Waals surface area contributed by atoms with Crippen molar-refractivity contribution in [1.82, 2.24) is 0 Å². The Kier molecular flexibility index (Phi) is 3.11. The van der Waals surface area contributed by atoms with E-state index in [1.165, 1.54) is 4.88 Å². The number of halogens is 1. The van der Waals surface area contributed by atoms with Gasteiger partial charge in [-0.2, -0.15) is 4.39 Å². The zero-order chi connectivity index (χ0) is 8.10. The summed E-state index contributed by atoms with van der Waals surface area (Å²) in [4.78, 5) is 1.20. The van der Waals surface area contributed by atoms with E-state index in [1.807, 2.05) is 17.5 Å². The summed E-state index contributed by atoms with van der Waals surface area (Å²) in [7, 11) is 0. The highest BCUT2D eigenvalue weighted by Gasteiger charge is 1.94. The molecule has 0 spiro atoms. The van der Waals surface area contributed by atoms with Gasteiger partial charge in [0.2, 0.25) is 0 Å². The van der Waals surface area contributed by atoms with Crippen LogP contribution in [0, 0.1) is 0 Å². The van der Waals surface area contributed by atoms with Crippen LogP contribution in [0.1, 0.15) is 4.88 Å². The van der Waals surface area contributed by atoms with Crippen LogP contribution < -0.4 is 0 Å². The second-order valence-corrected chi connectivity index (χ2v) is 3.07. The van der Waals surface area contributed by atoms with E-state index in [0.717, 1.165) is 6.42 Å². The van der Waals surface area contributed by atoms with Gasteiger partial charge in [-0.25, -0.2) is 0 Å². The van der Waals surface area contributed by atoms with Crippen LogP contribution in [0.4, 0.5) is 4.39 Å². The molecule has 0 aliphatic rings. The first kappa shape index (κ1) is 8.27. The van der Waals surface area contributed by atoms with E-state index in [1.54, 1.807) is 11.3 Å². The summed E-state index contributed by atoms with van der Waals surface area (Å²) in [5, 5.41) is 1.99. The minimum atomic E-state index is -0.707. The summed E-state index contributed by atoms with van der Waals surface area (Å²) in [6, 6.07) is 3.25. The smallest absolute Gasteiger partial charge is 0.265 e. The molecule has 0 fully saturated rings. The van der Waals surface area contributed by atoms with E-state index in [9.17, 15) is 4.39 Å². The zero-order valence-electron chi connectivity index (χ0n) is 6.05. The predicted octanol–water partition coefficient (Wildman–Crippen LogP) is 2.75. The van der Waals surface area contributed by atoms with Crippen LogP contribution in [-0.2, 0) is 11.2 Å². The number of thiophene rings is 1. The molecule has 0 aliphatic heterocycles. The number of hydrogen-bond donors (Lipinski definition) is 0. The fourth-order valence-electron chi connectivity index (χ4n) is 0.717. The molecule has 0 aromatic carbocycles. The quantitative estimate of drug-likeness (QED) is 0.634. The average molecular weight is 172 g/mol. The molecule has 0 radical (unpaired) electrons. The second kappa shape index (κ2) is 4.13. The van der Waals surface area contributed by atoms with Crippen molar-refractivity contribution in [2.75, 3.05) is 6.61 Å². The molecule has 0 bridgehead atoms. The van der Waals surface area contributed by atoms with Crippen molar-refractivity contribution in [3.63, 3.8) is 0 Å². The first-order chi connectivity index (χ1) is 5.29. The lowest BCUT2D eigenvalue weighted by Crippen LogP contribution is -1.93. The molecule has 0 aliphatic carbocycles. The van der Waals surface area contributed by atoms with Gasteiger partial charge in [0.15, 0.2) is 0 Å². The second-order valence-electron chi connectivity index (χ2n) is 2.03. The molecule has 0 unspecified atom stereocenters. The van der Waals surface area contributed by atoms with Crippen LogP contribution in [0.2, 0.25) is 0 Å². The molecular formula is C8H9FOS. The van der Waals surface area contributed by atoms with Crippen molar-refractivity contribution in [1.29, 1.82) is 0 Å². The van der Waals surface area contributed by atoms with E-state index in [-0.39, 0.29) is 0 Å². The Labute approximate surface area is 69.1 Å². The van der Waals surface area contributed by atoms with Gasteiger partial charge in [-0.3, -0.25) is 0 Å². The molecule has 1 nitrogen and oxygen atoms in total. The van der Waals surface area contributed by atoms with Gasteiger partial charge in [0, 0.05) is 11.3 Å². The molecule has 11 heavy (non-hydrogen) atoms. The average Bonchev–Trinajstić information content (AvgIpc) is 2.39. The third-order valence-electron chi connectivity index (χ3n) is 1.19. The summed E-state index contributed by atoms with van der Waals surface area (Å²) in [6.07, 6.45) is 0.751. The highest BCUT2D eigenvalue weighted by atomic mass is 32.1. The van der Waals surface area contributed by atoms with Crippen molar-refractivity contribution in [3.8, 4) is 0 Å². The van der Waals surface area contributed by atoms with E-state index in [2.05, 4.69) is 11.3 Å².